The number of nitrogens with one attached hydrogen (secondary N) is 1. The second kappa shape index (κ2) is 7.17. The van der Waals surface area contributed by atoms with Crippen LogP contribution in [0.2, 0.25) is 0 Å². The van der Waals surface area contributed by atoms with Gasteiger partial charge in [0.15, 0.2) is 0 Å². The number of rotatable bonds is 9. The first-order chi connectivity index (χ1) is 7.22. The van der Waals surface area contributed by atoms with Gasteiger partial charge in [0.05, 0.1) is 18.8 Å². The lowest BCUT2D eigenvalue weighted by Gasteiger charge is -2.14. The summed E-state index contributed by atoms with van der Waals surface area (Å²) in [7, 11) is 0. The fraction of sp³-hybridized carbons (Fsp3) is 1.00. The van der Waals surface area contributed by atoms with Crippen molar-refractivity contribution in [2.75, 3.05) is 26.3 Å². The zero-order valence-corrected chi connectivity index (χ0v) is 9.48. The molecule has 0 aromatic heterocycles. The molecule has 0 radical (unpaired) electrons. The summed E-state index contributed by atoms with van der Waals surface area (Å²) in [4.78, 5) is 0. The largest absolute Gasteiger partial charge is 0.392 e. The van der Waals surface area contributed by atoms with Crippen molar-refractivity contribution in [3.05, 3.63) is 0 Å². The van der Waals surface area contributed by atoms with Crippen LogP contribution in [0.1, 0.15) is 26.2 Å². The quantitative estimate of drug-likeness (QED) is 0.514. The Hall–Kier alpha value is -0.160. The van der Waals surface area contributed by atoms with Crippen molar-refractivity contribution in [1.29, 1.82) is 0 Å². The van der Waals surface area contributed by atoms with Crippen molar-refractivity contribution in [2.24, 2.45) is 5.92 Å². The maximum atomic E-state index is 9.50. The third-order valence-electron chi connectivity index (χ3n) is 2.59. The van der Waals surface area contributed by atoms with Crippen molar-refractivity contribution in [2.45, 2.75) is 38.4 Å². The van der Waals surface area contributed by atoms with Crippen LogP contribution in [0.4, 0.5) is 0 Å². The molecule has 90 valence electrons. The van der Waals surface area contributed by atoms with Gasteiger partial charge in [0.25, 0.3) is 0 Å². The summed E-state index contributed by atoms with van der Waals surface area (Å²) in [5, 5.41) is 21.8. The standard InChI is InChI=1S/C11H23NO3/c1-2-10(13)5-12-6-11(14)8-15-7-9-3-4-9/h9-14H,2-8H2,1H3. The van der Waals surface area contributed by atoms with Gasteiger partial charge in [0.1, 0.15) is 0 Å². The Balaban J connectivity index is 1.85. The number of hydrogen-bond acceptors (Lipinski definition) is 4. The normalized spacial score (nSPS) is 20.2. The van der Waals surface area contributed by atoms with Crippen molar-refractivity contribution < 1.29 is 14.9 Å². The van der Waals surface area contributed by atoms with Gasteiger partial charge in [-0.2, -0.15) is 0 Å². The Morgan fingerprint density at radius 1 is 1.27 bits per heavy atom. The third kappa shape index (κ3) is 6.84. The number of hydrogen-bond donors (Lipinski definition) is 3. The highest BCUT2D eigenvalue weighted by atomic mass is 16.5. The first kappa shape index (κ1) is 12.9. The Labute approximate surface area is 91.6 Å². The lowest BCUT2D eigenvalue weighted by atomic mass is 10.2. The van der Waals surface area contributed by atoms with Crippen LogP contribution in [0.15, 0.2) is 0 Å². The zero-order valence-electron chi connectivity index (χ0n) is 9.48. The fourth-order valence-corrected chi connectivity index (χ4v) is 1.28. The van der Waals surface area contributed by atoms with E-state index in [-0.39, 0.29) is 6.10 Å². The smallest absolute Gasteiger partial charge is 0.0897 e. The van der Waals surface area contributed by atoms with Crippen LogP contribution in [0.5, 0.6) is 0 Å². The van der Waals surface area contributed by atoms with Crippen LogP contribution in [0.3, 0.4) is 0 Å². The molecule has 0 bridgehead atoms. The summed E-state index contributed by atoms with van der Waals surface area (Å²) in [6, 6.07) is 0. The summed E-state index contributed by atoms with van der Waals surface area (Å²) in [6.07, 6.45) is 2.51. The molecule has 2 unspecified atom stereocenters. The third-order valence-corrected chi connectivity index (χ3v) is 2.59. The van der Waals surface area contributed by atoms with Crippen molar-refractivity contribution in [1.82, 2.24) is 5.32 Å². The molecule has 3 N–H and O–H groups in total. The van der Waals surface area contributed by atoms with Gasteiger partial charge in [-0.15, -0.1) is 0 Å². The van der Waals surface area contributed by atoms with E-state index in [9.17, 15) is 10.2 Å². The summed E-state index contributed by atoms with van der Waals surface area (Å²) in [5.74, 6) is 0.743. The zero-order chi connectivity index (χ0) is 11.1. The van der Waals surface area contributed by atoms with E-state index in [2.05, 4.69) is 5.32 Å². The number of aliphatic hydroxyl groups excluding tert-OH is 2. The van der Waals surface area contributed by atoms with E-state index in [4.69, 9.17) is 4.74 Å². The van der Waals surface area contributed by atoms with Crippen LogP contribution >= 0.6 is 0 Å². The maximum absolute atomic E-state index is 9.50. The molecular weight excluding hydrogens is 194 g/mol. The van der Waals surface area contributed by atoms with Crippen LogP contribution in [0, 0.1) is 5.92 Å². The summed E-state index contributed by atoms with van der Waals surface area (Å²) >= 11 is 0. The molecule has 0 amide bonds. The van der Waals surface area contributed by atoms with Crippen LogP contribution in [-0.2, 0) is 4.74 Å². The van der Waals surface area contributed by atoms with Crippen LogP contribution < -0.4 is 5.32 Å². The fourth-order valence-electron chi connectivity index (χ4n) is 1.28. The highest BCUT2D eigenvalue weighted by molar-refractivity contribution is 4.72. The summed E-state index contributed by atoms with van der Waals surface area (Å²) in [5.41, 5.74) is 0. The molecular formula is C11H23NO3. The molecule has 1 fully saturated rings. The summed E-state index contributed by atoms with van der Waals surface area (Å²) < 4.78 is 5.35. The van der Waals surface area contributed by atoms with E-state index >= 15 is 0 Å². The minimum absolute atomic E-state index is 0.315. The molecule has 1 rings (SSSR count). The average molecular weight is 217 g/mol. The molecule has 4 heteroatoms. The van der Waals surface area contributed by atoms with Gasteiger partial charge >= 0.3 is 0 Å². The molecule has 2 atom stereocenters. The molecule has 0 saturated heterocycles. The van der Waals surface area contributed by atoms with Gasteiger partial charge in [0.2, 0.25) is 0 Å². The second-order valence-electron chi connectivity index (χ2n) is 4.35. The Morgan fingerprint density at radius 3 is 2.53 bits per heavy atom. The first-order valence-electron chi connectivity index (χ1n) is 5.87. The molecule has 4 nitrogen and oxygen atoms in total. The van der Waals surface area contributed by atoms with E-state index in [1.165, 1.54) is 12.8 Å². The van der Waals surface area contributed by atoms with E-state index < -0.39 is 6.10 Å². The minimum Gasteiger partial charge on any atom is -0.392 e. The predicted octanol–water partition coefficient (Wildman–Crippen LogP) is 0.134. The maximum Gasteiger partial charge on any atom is 0.0897 e. The highest BCUT2D eigenvalue weighted by Gasteiger charge is 2.21. The molecule has 1 aliphatic carbocycles. The molecule has 1 aliphatic rings. The number of ether oxygens (including phenoxy) is 1. The highest BCUT2D eigenvalue weighted by Crippen LogP contribution is 2.28. The minimum atomic E-state index is -0.465. The van der Waals surface area contributed by atoms with Gasteiger partial charge in [-0.3, -0.25) is 0 Å². The first-order valence-corrected chi connectivity index (χ1v) is 5.87. The van der Waals surface area contributed by atoms with Crippen LogP contribution in [-0.4, -0.2) is 48.7 Å². The van der Waals surface area contributed by atoms with Crippen LogP contribution in [0.25, 0.3) is 0 Å². The van der Waals surface area contributed by atoms with E-state index in [1.54, 1.807) is 0 Å². The molecule has 0 spiro atoms. The van der Waals surface area contributed by atoms with E-state index in [1.807, 2.05) is 6.92 Å². The SMILES string of the molecule is CCC(O)CNCC(O)COCC1CC1. The second-order valence-corrected chi connectivity index (χ2v) is 4.35. The molecule has 15 heavy (non-hydrogen) atoms. The average Bonchev–Trinajstić information content (AvgIpc) is 3.01. The molecule has 0 aromatic rings. The lowest BCUT2D eigenvalue weighted by molar-refractivity contribution is 0.0309. The van der Waals surface area contributed by atoms with Gasteiger partial charge < -0.3 is 20.3 Å². The van der Waals surface area contributed by atoms with Crippen molar-refractivity contribution in [3.8, 4) is 0 Å². The predicted molar refractivity (Wildman–Crippen MR) is 58.7 cm³/mol. The molecule has 0 aliphatic heterocycles. The van der Waals surface area contributed by atoms with E-state index in [0.29, 0.717) is 19.7 Å². The van der Waals surface area contributed by atoms with Crippen molar-refractivity contribution in [3.63, 3.8) is 0 Å². The Bertz CT molecular complexity index is 162. The van der Waals surface area contributed by atoms with Gasteiger partial charge in [-0.05, 0) is 25.2 Å². The van der Waals surface area contributed by atoms with E-state index in [0.717, 1.165) is 18.9 Å². The van der Waals surface area contributed by atoms with Gasteiger partial charge in [0, 0.05) is 19.7 Å². The Morgan fingerprint density at radius 2 is 1.93 bits per heavy atom. The topological polar surface area (TPSA) is 61.7 Å². The van der Waals surface area contributed by atoms with Crippen molar-refractivity contribution >= 4 is 0 Å². The molecule has 0 heterocycles. The van der Waals surface area contributed by atoms with Gasteiger partial charge in [-0.25, -0.2) is 0 Å². The summed E-state index contributed by atoms with van der Waals surface area (Å²) in [6.45, 7) is 4.14. The Kier molecular flexibility index (Phi) is 6.17. The van der Waals surface area contributed by atoms with Gasteiger partial charge in [-0.1, -0.05) is 6.92 Å². The monoisotopic (exact) mass is 217 g/mol. The number of aliphatic hydroxyl groups is 2. The lowest BCUT2D eigenvalue weighted by Crippen LogP contribution is -2.35. The molecule has 1 saturated carbocycles. The molecule has 0 aromatic carbocycles.